The van der Waals surface area contributed by atoms with Gasteiger partial charge in [0.1, 0.15) is 34.8 Å². The first-order valence-corrected chi connectivity index (χ1v) is 3.98. The molecule has 0 aliphatic heterocycles. The highest BCUT2D eigenvalue weighted by molar-refractivity contribution is 5.75. The van der Waals surface area contributed by atoms with Crippen LogP contribution in [0.1, 0.15) is 12.5 Å². The molecule has 5 nitrogen and oxygen atoms in total. The van der Waals surface area contributed by atoms with Crippen molar-refractivity contribution in [1.82, 2.24) is 0 Å². The summed E-state index contributed by atoms with van der Waals surface area (Å²) in [5, 5.41) is 26.4. The average molecular weight is 198 g/mol. The van der Waals surface area contributed by atoms with Crippen LogP contribution in [0.4, 0.5) is 5.88 Å². The molecule has 15 heavy (non-hydrogen) atoms. The molecule has 0 saturated carbocycles. The lowest BCUT2D eigenvalue weighted by atomic mass is 10.1. The molecule has 0 spiro atoms. The SMILES string of the molecule is C/C=c1\oc(N)c(C#N)c1=C(C#N)C#N. The maximum atomic E-state index is 8.81. The van der Waals surface area contributed by atoms with Crippen LogP contribution in [0.15, 0.2) is 4.42 Å². The van der Waals surface area contributed by atoms with Gasteiger partial charge in [-0.2, -0.15) is 15.8 Å². The van der Waals surface area contributed by atoms with E-state index in [0.717, 1.165) is 0 Å². The lowest BCUT2D eigenvalue weighted by molar-refractivity contribution is 0.549. The van der Waals surface area contributed by atoms with Gasteiger partial charge in [-0.3, -0.25) is 0 Å². The number of nitrogens with zero attached hydrogens (tertiary/aromatic N) is 3. The first-order valence-electron chi connectivity index (χ1n) is 3.98. The standard InChI is InChI=1S/C10H6N4O/c1-2-8-9(6(3-11)4-12)7(5-13)10(14)15-8/h2H,14H2,1H3/b8-2-. The van der Waals surface area contributed by atoms with E-state index in [2.05, 4.69) is 0 Å². The molecule has 2 N–H and O–H groups in total. The summed E-state index contributed by atoms with van der Waals surface area (Å²) in [6.07, 6.45) is 1.54. The number of nitriles is 3. The number of hydrogen-bond donors (Lipinski definition) is 1. The van der Waals surface area contributed by atoms with E-state index < -0.39 is 0 Å². The molecule has 0 aliphatic rings. The largest absolute Gasteiger partial charge is 0.440 e. The molecule has 1 aromatic rings. The zero-order chi connectivity index (χ0) is 11.4. The van der Waals surface area contributed by atoms with Crippen molar-refractivity contribution in [2.24, 2.45) is 0 Å². The van der Waals surface area contributed by atoms with Crippen LogP contribution in [0.5, 0.6) is 0 Å². The van der Waals surface area contributed by atoms with Crippen LogP contribution in [0.2, 0.25) is 0 Å². The molecule has 1 heterocycles. The minimum Gasteiger partial charge on any atom is -0.440 e. The fourth-order valence-corrected chi connectivity index (χ4v) is 1.17. The predicted molar refractivity (Wildman–Crippen MR) is 51.9 cm³/mol. The fourth-order valence-electron chi connectivity index (χ4n) is 1.17. The Bertz CT molecular complexity index is 615. The minimum absolute atomic E-state index is 0.0289. The highest BCUT2D eigenvalue weighted by Gasteiger charge is 2.11. The molecule has 1 rings (SSSR count). The number of hydrogen-bond acceptors (Lipinski definition) is 5. The van der Waals surface area contributed by atoms with Gasteiger partial charge in [-0.15, -0.1) is 0 Å². The van der Waals surface area contributed by atoms with Gasteiger partial charge in [0.15, 0.2) is 0 Å². The summed E-state index contributed by atoms with van der Waals surface area (Å²) >= 11 is 0. The van der Waals surface area contributed by atoms with E-state index in [0.29, 0.717) is 0 Å². The number of rotatable bonds is 0. The van der Waals surface area contributed by atoms with E-state index in [1.54, 1.807) is 31.2 Å². The smallest absolute Gasteiger partial charge is 0.209 e. The lowest BCUT2D eigenvalue weighted by Crippen LogP contribution is -2.24. The summed E-state index contributed by atoms with van der Waals surface area (Å²) < 4.78 is 5.05. The Morgan fingerprint density at radius 2 is 1.93 bits per heavy atom. The van der Waals surface area contributed by atoms with Crippen LogP contribution in [-0.4, -0.2) is 0 Å². The van der Waals surface area contributed by atoms with Gasteiger partial charge in [0.05, 0.1) is 5.22 Å². The minimum atomic E-state index is -0.180. The van der Waals surface area contributed by atoms with Gasteiger partial charge in [-0.1, -0.05) is 0 Å². The van der Waals surface area contributed by atoms with Crippen molar-refractivity contribution >= 4 is 17.5 Å². The van der Waals surface area contributed by atoms with Gasteiger partial charge in [0, 0.05) is 0 Å². The summed E-state index contributed by atoms with van der Waals surface area (Å²) in [6, 6.07) is 5.21. The average Bonchev–Trinajstić information content (AvgIpc) is 2.57. The summed E-state index contributed by atoms with van der Waals surface area (Å²) in [4.78, 5) is 0. The highest BCUT2D eigenvalue weighted by atomic mass is 16.3. The third-order valence-electron chi connectivity index (χ3n) is 1.81. The normalized spacial score (nSPS) is 10.1. The second-order valence-corrected chi connectivity index (χ2v) is 2.58. The lowest BCUT2D eigenvalue weighted by Gasteiger charge is -1.81. The zero-order valence-corrected chi connectivity index (χ0v) is 7.90. The monoisotopic (exact) mass is 198 g/mol. The molecule has 0 bridgehead atoms. The molecule has 0 radical (unpaired) electrons. The van der Waals surface area contributed by atoms with E-state index in [1.807, 2.05) is 0 Å². The van der Waals surface area contributed by atoms with E-state index in [-0.39, 0.29) is 27.7 Å². The quantitative estimate of drug-likeness (QED) is 0.616. The van der Waals surface area contributed by atoms with Crippen LogP contribution in [0, 0.1) is 34.0 Å². The van der Waals surface area contributed by atoms with Crippen LogP contribution in [0.3, 0.4) is 0 Å². The van der Waals surface area contributed by atoms with Gasteiger partial charge >= 0.3 is 0 Å². The van der Waals surface area contributed by atoms with Crippen LogP contribution >= 0.6 is 0 Å². The first-order chi connectivity index (χ1) is 7.19. The molecular formula is C10H6N4O. The first kappa shape index (κ1) is 10.4. The third-order valence-corrected chi connectivity index (χ3v) is 1.81. The molecular weight excluding hydrogens is 192 g/mol. The Morgan fingerprint density at radius 3 is 2.33 bits per heavy atom. The maximum absolute atomic E-state index is 8.81. The van der Waals surface area contributed by atoms with E-state index in [4.69, 9.17) is 25.9 Å². The van der Waals surface area contributed by atoms with Crippen molar-refractivity contribution in [2.45, 2.75) is 6.92 Å². The molecule has 0 amide bonds. The Balaban J connectivity index is 4.04. The summed E-state index contributed by atoms with van der Waals surface area (Å²) in [5.41, 5.74) is 5.55. The molecule has 0 unspecified atom stereocenters. The van der Waals surface area contributed by atoms with Gasteiger partial charge < -0.3 is 10.2 Å². The van der Waals surface area contributed by atoms with Gasteiger partial charge in [0.25, 0.3) is 0 Å². The van der Waals surface area contributed by atoms with E-state index >= 15 is 0 Å². The molecule has 0 saturated heterocycles. The number of furan rings is 1. The Morgan fingerprint density at radius 1 is 1.33 bits per heavy atom. The van der Waals surface area contributed by atoms with E-state index in [1.165, 1.54) is 0 Å². The molecule has 72 valence electrons. The molecule has 5 heteroatoms. The number of nitrogens with two attached hydrogens (primary N) is 1. The van der Waals surface area contributed by atoms with Crippen molar-refractivity contribution in [3.63, 3.8) is 0 Å². The summed E-state index contributed by atoms with van der Waals surface area (Å²) in [6.45, 7) is 1.66. The van der Waals surface area contributed by atoms with Crippen molar-refractivity contribution < 1.29 is 4.42 Å². The predicted octanol–water partition coefficient (Wildman–Crippen LogP) is -0.268. The summed E-state index contributed by atoms with van der Waals surface area (Å²) in [7, 11) is 0. The van der Waals surface area contributed by atoms with Crippen molar-refractivity contribution in [1.29, 1.82) is 15.8 Å². The van der Waals surface area contributed by atoms with Crippen LogP contribution in [-0.2, 0) is 0 Å². The Labute approximate surface area is 85.6 Å². The third kappa shape index (κ3) is 1.52. The molecule has 0 aromatic carbocycles. The molecule has 1 aromatic heterocycles. The van der Waals surface area contributed by atoms with Gasteiger partial charge in [0.2, 0.25) is 5.88 Å². The second kappa shape index (κ2) is 4.00. The number of anilines is 1. The zero-order valence-electron chi connectivity index (χ0n) is 7.90. The molecule has 0 fully saturated rings. The van der Waals surface area contributed by atoms with Crippen LogP contribution < -0.4 is 16.4 Å². The maximum Gasteiger partial charge on any atom is 0.209 e. The highest BCUT2D eigenvalue weighted by Crippen LogP contribution is 2.03. The van der Waals surface area contributed by atoms with Crippen molar-refractivity contribution in [3.05, 3.63) is 16.2 Å². The Hall–Kier alpha value is -2.71. The number of nitrogen functional groups attached to an aromatic ring is 1. The Kier molecular flexibility index (Phi) is 2.76. The fraction of sp³-hybridized carbons (Fsp3) is 0.100. The second-order valence-electron chi connectivity index (χ2n) is 2.58. The van der Waals surface area contributed by atoms with Crippen molar-refractivity contribution in [3.8, 4) is 18.2 Å². The molecule has 0 atom stereocenters. The van der Waals surface area contributed by atoms with Crippen LogP contribution in [0.25, 0.3) is 11.6 Å². The van der Waals surface area contributed by atoms with E-state index in [9.17, 15) is 0 Å². The topological polar surface area (TPSA) is 111 Å². The van der Waals surface area contributed by atoms with Gasteiger partial charge in [-0.05, 0) is 13.0 Å². The molecule has 0 aliphatic carbocycles. The summed E-state index contributed by atoms with van der Waals surface area (Å²) in [5.74, 6) is -0.0800. The van der Waals surface area contributed by atoms with Crippen molar-refractivity contribution in [2.75, 3.05) is 5.73 Å². The van der Waals surface area contributed by atoms with Gasteiger partial charge in [-0.25, -0.2) is 0 Å².